The van der Waals surface area contributed by atoms with Gasteiger partial charge in [0.1, 0.15) is 5.84 Å². The van der Waals surface area contributed by atoms with Gasteiger partial charge in [-0.25, -0.2) is 4.99 Å². The van der Waals surface area contributed by atoms with Crippen LogP contribution in [0.3, 0.4) is 0 Å². The van der Waals surface area contributed by atoms with Crippen molar-refractivity contribution in [3.05, 3.63) is 70.5 Å². The van der Waals surface area contributed by atoms with E-state index >= 15 is 0 Å². The van der Waals surface area contributed by atoms with Crippen molar-refractivity contribution in [3.8, 4) is 0 Å². The number of aliphatic imine (C=N–C) groups is 2. The molecule has 2 aromatic rings. The minimum atomic E-state index is 0.513. The number of H-pyrrole nitrogens is 1. The zero-order valence-electron chi connectivity index (χ0n) is 24.2. The molecule has 1 aromatic heterocycles. The van der Waals surface area contributed by atoms with E-state index in [4.69, 9.17) is 15.5 Å². The number of anilines is 2. The lowest BCUT2D eigenvalue weighted by Crippen LogP contribution is -2.24. The Morgan fingerprint density at radius 3 is 2.45 bits per heavy atom. The van der Waals surface area contributed by atoms with Crippen LogP contribution < -0.4 is 16.0 Å². The van der Waals surface area contributed by atoms with Crippen molar-refractivity contribution in [1.82, 2.24) is 10.2 Å². The van der Waals surface area contributed by atoms with E-state index in [2.05, 4.69) is 72.5 Å². The molecular formula is C29H43N7OS. The molecule has 1 aromatic carbocycles. The molecule has 2 rings (SSSR count). The summed E-state index contributed by atoms with van der Waals surface area (Å²) in [6.07, 6.45) is 4.07. The van der Waals surface area contributed by atoms with Crippen LogP contribution >= 0.6 is 11.8 Å². The predicted octanol–water partition coefficient (Wildman–Crippen LogP) is 6.52. The Morgan fingerprint density at radius 1 is 1.26 bits per heavy atom. The zero-order chi connectivity index (χ0) is 28.2. The van der Waals surface area contributed by atoms with Crippen LogP contribution in [0.2, 0.25) is 0 Å². The molecule has 0 unspecified atom stereocenters. The van der Waals surface area contributed by atoms with Crippen LogP contribution in [-0.2, 0) is 4.74 Å². The highest BCUT2D eigenvalue weighted by Gasteiger charge is 2.20. The third-order valence-corrected chi connectivity index (χ3v) is 7.30. The van der Waals surface area contributed by atoms with E-state index < -0.39 is 0 Å². The van der Waals surface area contributed by atoms with E-state index in [1.807, 2.05) is 43.6 Å². The molecule has 0 bridgehead atoms. The highest BCUT2D eigenvalue weighted by molar-refractivity contribution is 7.99. The van der Waals surface area contributed by atoms with Gasteiger partial charge in [0, 0.05) is 65.8 Å². The first kappa shape index (κ1) is 30.8. The topological polar surface area (TPSA) is 104 Å². The zero-order valence-corrected chi connectivity index (χ0v) is 25.0. The van der Waals surface area contributed by atoms with Gasteiger partial charge < -0.3 is 20.7 Å². The lowest BCUT2D eigenvalue weighted by atomic mass is 9.98. The van der Waals surface area contributed by atoms with Gasteiger partial charge in [0.2, 0.25) is 0 Å². The van der Waals surface area contributed by atoms with E-state index in [1.54, 1.807) is 26.6 Å². The number of allylic oxidation sites excluding steroid dienone is 2. The summed E-state index contributed by atoms with van der Waals surface area (Å²) < 4.78 is 5.99. The van der Waals surface area contributed by atoms with Crippen molar-refractivity contribution < 1.29 is 4.74 Å². The Hall–Kier alpha value is -3.46. The highest BCUT2D eigenvalue weighted by atomic mass is 32.2. The average Bonchev–Trinajstić information content (AvgIpc) is 3.32. The Labute approximate surface area is 232 Å². The van der Waals surface area contributed by atoms with Crippen molar-refractivity contribution in [2.24, 2.45) is 21.6 Å². The Bertz CT molecular complexity index is 1200. The number of amidine groups is 1. The number of nitrogens with one attached hydrogen (secondary N) is 2. The largest absolute Gasteiger partial charge is 0.492 e. The fourth-order valence-corrected chi connectivity index (χ4v) is 4.44. The Morgan fingerprint density at radius 2 is 1.95 bits per heavy atom. The average molecular weight is 538 g/mol. The number of nitrogens with zero attached hydrogens (tertiary/aromatic N) is 4. The Kier molecular flexibility index (Phi) is 12.2. The number of hydrogen-bond acceptors (Lipinski definition) is 7. The summed E-state index contributed by atoms with van der Waals surface area (Å²) in [5.74, 6) is 4.21. The van der Waals surface area contributed by atoms with Gasteiger partial charge in [-0.2, -0.15) is 5.10 Å². The second kappa shape index (κ2) is 15.1. The van der Waals surface area contributed by atoms with Crippen molar-refractivity contribution in [1.29, 1.82) is 0 Å². The molecule has 9 heteroatoms. The number of aryl methyl sites for hydroxylation is 1. The summed E-state index contributed by atoms with van der Waals surface area (Å²) in [5.41, 5.74) is 10.7. The van der Waals surface area contributed by atoms with Gasteiger partial charge in [0.15, 0.2) is 17.4 Å². The number of rotatable bonds is 12. The molecule has 0 saturated carbocycles. The number of nitrogens with two attached hydrogens (primary N) is 1. The van der Waals surface area contributed by atoms with Crippen LogP contribution in [0.1, 0.15) is 46.7 Å². The number of thioether (sulfide) groups is 1. The first-order valence-corrected chi connectivity index (χ1v) is 13.8. The van der Waals surface area contributed by atoms with Crippen molar-refractivity contribution in [2.45, 2.75) is 52.9 Å². The van der Waals surface area contributed by atoms with Gasteiger partial charge >= 0.3 is 0 Å². The molecule has 0 radical (unpaired) electrons. The fraction of sp³-hybridized carbons (Fsp3) is 0.414. The molecule has 0 aliphatic rings. The molecular weight excluding hydrogens is 494 g/mol. The second-order valence-corrected chi connectivity index (χ2v) is 10.5. The molecule has 38 heavy (non-hydrogen) atoms. The number of aromatic amines is 1. The van der Waals surface area contributed by atoms with Crippen LogP contribution in [0.15, 0.2) is 79.7 Å². The molecule has 206 valence electrons. The second-order valence-electron chi connectivity index (χ2n) is 9.38. The third kappa shape index (κ3) is 8.55. The number of methoxy groups -OCH3 is 1. The van der Waals surface area contributed by atoms with E-state index in [1.165, 1.54) is 4.90 Å². The van der Waals surface area contributed by atoms with E-state index in [0.29, 0.717) is 23.3 Å². The molecule has 0 fully saturated rings. The van der Waals surface area contributed by atoms with Crippen molar-refractivity contribution in [2.75, 3.05) is 37.2 Å². The standard InChI is InChI=1S/C29H43N7OS/c1-10-20(4)27(23(16-30)17-31-7)28(37-9)29(33-26-15-21(5)34-35-26)32-22(6)36(8)24-11-13-25(14-12-24)38-18-19(2)3/h11-17,19H,10,18,30H2,1-9H3,(H2,33,34,35)/b23-16+,27-20+,29-28-,31-17?,32-22+. The quantitative estimate of drug-likeness (QED) is 0.0936. The van der Waals surface area contributed by atoms with Gasteiger partial charge in [-0.3, -0.25) is 10.1 Å². The van der Waals surface area contributed by atoms with Crippen LogP contribution in [0.4, 0.5) is 11.5 Å². The molecule has 0 aliphatic carbocycles. The van der Waals surface area contributed by atoms with Gasteiger partial charge in [-0.1, -0.05) is 26.3 Å². The summed E-state index contributed by atoms with van der Waals surface area (Å²) in [5, 5.41) is 10.7. The molecule has 0 spiro atoms. The van der Waals surface area contributed by atoms with Crippen LogP contribution in [0, 0.1) is 12.8 Å². The van der Waals surface area contributed by atoms with Crippen molar-refractivity contribution >= 4 is 35.3 Å². The summed E-state index contributed by atoms with van der Waals surface area (Å²) >= 11 is 1.87. The van der Waals surface area contributed by atoms with Gasteiger partial charge in [0.05, 0.1) is 7.11 Å². The maximum Gasteiger partial charge on any atom is 0.176 e. The first-order valence-electron chi connectivity index (χ1n) is 12.8. The SMILES string of the molecule is CC/C(C)=C(C(\C=NC)=C\N)/C(OC)=C(\N=C(/C)N(C)c1ccc(SCC(C)C)cc1)Nc1cc(C)[nH]n1. The number of ether oxygens (including phenoxy) is 1. The lowest BCUT2D eigenvalue weighted by Gasteiger charge is -2.22. The first-order chi connectivity index (χ1) is 18.1. The molecule has 0 saturated heterocycles. The minimum Gasteiger partial charge on any atom is -0.492 e. The smallest absolute Gasteiger partial charge is 0.176 e. The normalized spacial score (nSPS) is 14.1. The number of aromatic nitrogens is 2. The van der Waals surface area contributed by atoms with E-state index in [-0.39, 0.29) is 0 Å². The highest BCUT2D eigenvalue weighted by Crippen LogP contribution is 2.29. The Balaban J connectivity index is 2.61. The maximum absolute atomic E-state index is 6.03. The predicted molar refractivity (Wildman–Crippen MR) is 164 cm³/mol. The van der Waals surface area contributed by atoms with E-state index in [9.17, 15) is 0 Å². The summed E-state index contributed by atoms with van der Waals surface area (Å²) in [6.45, 7) is 12.5. The molecule has 0 amide bonds. The van der Waals surface area contributed by atoms with E-state index in [0.717, 1.165) is 46.1 Å². The lowest BCUT2D eigenvalue weighted by molar-refractivity contribution is 0.297. The molecule has 0 atom stereocenters. The fourth-order valence-electron chi connectivity index (χ4n) is 3.59. The van der Waals surface area contributed by atoms with Gasteiger partial charge in [-0.15, -0.1) is 11.8 Å². The molecule has 1 heterocycles. The number of hydrogen-bond donors (Lipinski definition) is 3. The third-order valence-electron chi connectivity index (χ3n) is 5.86. The summed E-state index contributed by atoms with van der Waals surface area (Å²) in [4.78, 5) is 12.5. The summed E-state index contributed by atoms with van der Waals surface area (Å²) in [6, 6.07) is 10.5. The van der Waals surface area contributed by atoms with Crippen LogP contribution in [0.25, 0.3) is 0 Å². The summed E-state index contributed by atoms with van der Waals surface area (Å²) in [7, 11) is 5.35. The van der Waals surface area contributed by atoms with Crippen LogP contribution in [-0.4, -0.2) is 49.2 Å². The molecule has 8 nitrogen and oxygen atoms in total. The molecule has 0 aliphatic heterocycles. The maximum atomic E-state index is 6.03. The van der Waals surface area contributed by atoms with Crippen LogP contribution in [0.5, 0.6) is 0 Å². The number of benzene rings is 1. The molecule has 4 N–H and O–H groups in total. The van der Waals surface area contributed by atoms with Gasteiger partial charge in [0.25, 0.3) is 0 Å². The van der Waals surface area contributed by atoms with Crippen molar-refractivity contribution in [3.63, 3.8) is 0 Å². The van der Waals surface area contributed by atoms with Gasteiger partial charge in [-0.05, 0) is 57.4 Å². The minimum absolute atomic E-state index is 0.513. The monoisotopic (exact) mass is 537 g/mol.